The Morgan fingerprint density at radius 2 is 2.25 bits per heavy atom. The zero-order valence-electron chi connectivity index (χ0n) is 14.2. The molecule has 3 rings (SSSR count). The summed E-state index contributed by atoms with van der Waals surface area (Å²) in [5, 5.41) is 2.89. The molecule has 0 radical (unpaired) electrons. The fourth-order valence-electron chi connectivity index (χ4n) is 3.02. The van der Waals surface area contributed by atoms with Crippen LogP contribution in [0.3, 0.4) is 0 Å². The van der Waals surface area contributed by atoms with Crippen LogP contribution < -0.4 is 5.32 Å². The molecule has 7 nitrogen and oxygen atoms in total. The third-order valence-electron chi connectivity index (χ3n) is 4.43. The first kappa shape index (κ1) is 16.6. The lowest BCUT2D eigenvalue weighted by Crippen LogP contribution is -2.53. The van der Waals surface area contributed by atoms with E-state index in [2.05, 4.69) is 36.6 Å². The molecule has 1 aliphatic rings. The van der Waals surface area contributed by atoms with Gasteiger partial charge in [0.1, 0.15) is 5.82 Å². The number of aryl methyl sites for hydroxylation is 1. The van der Waals surface area contributed by atoms with Crippen molar-refractivity contribution in [2.24, 2.45) is 7.05 Å². The van der Waals surface area contributed by atoms with Crippen LogP contribution >= 0.6 is 0 Å². The molecule has 0 unspecified atom stereocenters. The number of carbonyl (C=O) groups is 1. The number of piperazine rings is 1. The maximum Gasteiger partial charge on any atom is 0.238 e. The number of amides is 1. The van der Waals surface area contributed by atoms with E-state index in [0.29, 0.717) is 12.6 Å². The molecule has 1 saturated heterocycles. The smallest absolute Gasteiger partial charge is 0.238 e. The van der Waals surface area contributed by atoms with E-state index in [9.17, 15) is 4.79 Å². The predicted molar refractivity (Wildman–Crippen MR) is 92.4 cm³/mol. The Hall–Kier alpha value is -2.25. The van der Waals surface area contributed by atoms with Crippen LogP contribution in [-0.2, 0) is 18.4 Å². The van der Waals surface area contributed by atoms with Crippen LogP contribution in [0.5, 0.6) is 0 Å². The van der Waals surface area contributed by atoms with Crippen molar-refractivity contribution in [3.8, 4) is 0 Å². The number of nitrogens with zero attached hydrogens (tertiary/aromatic N) is 5. The topological polar surface area (TPSA) is 66.3 Å². The Balaban J connectivity index is 1.48. The van der Waals surface area contributed by atoms with Gasteiger partial charge in [-0.15, -0.1) is 0 Å². The number of hydrogen-bond acceptors (Lipinski definition) is 5. The quantitative estimate of drug-likeness (QED) is 0.885. The Morgan fingerprint density at radius 1 is 1.38 bits per heavy atom. The summed E-state index contributed by atoms with van der Waals surface area (Å²) in [6, 6.07) is 4.05. The van der Waals surface area contributed by atoms with Gasteiger partial charge in [0, 0.05) is 51.3 Å². The maximum absolute atomic E-state index is 12.2. The number of hydrogen-bond donors (Lipinski definition) is 1. The Labute approximate surface area is 142 Å². The fourth-order valence-corrected chi connectivity index (χ4v) is 3.02. The molecule has 0 spiro atoms. The molecule has 1 fully saturated rings. The Kier molecular flexibility index (Phi) is 5.22. The van der Waals surface area contributed by atoms with E-state index in [-0.39, 0.29) is 5.91 Å². The fraction of sp³-hybridized carbons (Fsp3) is 0.471. The van der Waals surface area contributed by atoms with Gasteiger partial charge in [0.15, 0.2) is 0 Å². The highest BCUT2D eigenvalue weighted by Gasteiger charge is 2.25. The molecular weight excluding hydrogens is 304 g/mol. The van der Waals surface area contributed by atoms with Gasteiger partial charge in [-0.3, -0.25) is 19.6 Å². The first-order valence-corrected chi connectivity index (χ1v) is 8.24. The third kappa shape index (κ3) is 4.18. The highest BCUT2D eigenvalue weighted by Crippen LogP contribution is 2.13. The Morgan fingerprint density at radius 3 is 2.92 bits per heavy atom. The second kappa shape index (κ2) is 7.55. The van der Waals surface area contributed by atoms with E-state index < -0.39 is 0 Å². The normalized spacial score (nSPS) is 19.3. The summed E-state index contributed by atoms with van der Waals surface area (Å²) in [5.74, 6) is 1.08. The zero-order chi connectivity index (χ0) is 16.9. The van der Waals surface area contributed by atoms with Crippen molar-refractivity contribution in [1.82, 2.24) is 24.3 Å². The second-order valence-electron chi connectivity index (χ2n) is 6.30. The van der Waals surface area contributed by atoms with E-state index in [4.69, 9.17) is 0 Å². The molecule has 2 aromatic rings. The maximum atomic E-state index is 12.2. The number of pyridine rings is 1. The highest BCUT2D eigenvalue weighted by molar-refractivity contribution is 5.92. The van der Waals surface area contributed by atoms with Crippen LogP contribution in [0.15, 0.2) is 36.9 Å². The molecule has 1 atom stereocenters. The van der Waals surface area contributed by atoms with Crippen LogP contribution in [0.25, 0.3) is 0 Å². The average molecular weight is 328 g/mol. The number of imidazole rings is 1. The molecule has 1 amide bonds. The van der Waals surface area contributed by atoms with Crippen molar-refractivity contribution in [3.05, 3.63) is 42.7 Å². The van der Waals surface area contributed by atoms with Crippen LogP contribution in [0.4, 0.5) is 5.69 Å². The first-order valence-electron chi connectivity index (χ1n) is 8.24. The number of aromatic nitrogens is 3. The van der Waals surface area contributed by atoms with Gasteiger partial charge in [0.05, 0.1) is 25.0 Å². The predicted octanol–water partition coefficient (Wildman–Crippen LogP) is 0.960. The molecule has 7 heteroatoms. The molecule has 128 valence electrons. The first-order chi connectivity index (χ1) is 11.6. The number of rotatable bonds is 5. The molecule has 1 aliphatic heterocycles. The number of anilines is 1. The SMILES string of the molecule is C[C@@H]1CN(CC(=O)Nc2cccnc2)CCN1Cc1nccn1C. The third-order valence-corrected chi connectivity index (χ3v) is 4.43. The van der Waals surface area contributed by atoms with Crippen molar-refractivity contribution in [2.45, 2.75) is 19.5 Å². The highest BCUT2D eigenvalue weighted by atomic mass is 16.2. The van der Waals surface area contributed by atoms with Crippen molar-refractivity contribution in [3.63, 3.8) is 0 Å². The van der Waals surface area contributed by atoms with Gasteiger partial charge in [-0.25, -0.2) is 4.98 Å². The minimum Gasteiger partial charge on any atom is -0.337 e. The van der Waals surface area contributed by atoms with Gasteiger partial charge < -0.3 is 9.88 Å². The lowest BCUT2D eigenvalue weighted by Gasteiger charge is -2.39. The minimum atomic E-state index is 0.00718. The van der Waals surface area contributed by atoms with Gasteiger partial charge in [-0.05, 0) is 19.1 Å². The summed E-state index contributed by atoms with van der Waals surface area (Å²) in [5.41, 5.74) is 0.740. The van der Waals surface area contributed by atoms with Crippen LogP contribution in [-0.4, -0.2) is 62.5 Å². The van der Waals surface area contributed by atoms with E-state index in [1.54, 1.807) is 12.4 Å². The Bertz CT molecular complexity index is 671. The lowest BCUT2D eigenvalue weighted by atomic mass is 10.2. The van der Waals surface area contributed by atoms with Gasteiger partial charge in [-0.1, -0.05) is 0 Å². The second-order valence-corrected chi connectivity index (χ2v) is 6.30. The summed E-state index contributed by atoms with van der Waals surface area (Å²) in [7, 11) is 2.02. The van der Waals surface area contributed by atoms with Gasteiger partial charge >= 0.3 is 0 Å². The van der Waals surface area contributed by atoms with Crippen LogP contribution in [0.1, 0.15) is 12.7 Å². The molecule has 3 heterocycles. The monoisotopic (exact) mass is 328 g/mol. The van der Waals surface area contributed by atoms with Crippen LogP contribution in [0, 0.1) is 0 Å². The molecule has 0 bridgehead atoms. The molecule has 2 aromatic heterocycles. The largest absolute Gasteiger partial charge is 0.337 e. The van der Waals surface area contributed by atoms with Crippen molar-refractivity contribution in [2.75, 3.05) is 31.5 Å². The lowest BCUT2D eigenvalue weighted by molar-refractivity contribution is -0.118. The molecular formula is C17H24N6O. The number of nitrogens with one attached hydrogen (secondary N) is 1. The van der Waals surface area contributed by atoms with E-state index in [1.165, 1.54) is 0 Å². The van der Waals surface area contributed by atoms with Gasteiger partial charge in [0.25, 0.3) is 0 Å². The van der Waals surface area contributed by atoms with Crippen molar-refractivity contribution < 1.29 is 4.79 Å². The summed E-state index contributed by atoms with van der Waals surface area (Å²) in [6.45, 7) is 6.16. The molecule has 0 saturated carbocycles. The summed E-state index contributed by atoms with van der Waals surface area (Å²) in [4.78, 5) is 25.2. The summed E-state index contributed by atoms with van der Waals surface area (Å²) < 4.78 is 2.06. The van der Waals surface area contributed by atoms with E-state index in [0.717, 1.165) is 37.7 Å². The summed E-state index contributed by atoms with van der Waals surface area (Å²) >= 11 is 0. The van der Waals surface area contributed by atoms with Gasteiger partial charge in [-0.2, -0.15) is 0 Å². The van der Waals surface area contributed by atoms with E-state index in [1.807, 2.05) is 31.6 Å². The molecule has 0 aliphatic carbocycles. The summed E-state index contributed by atoms with van der Waals surface area (Å²) in [6.07, 6.45) is 7.15. The minimum absolute atomic E-state index is 0.00718. The molecule has 1 N–H and O–H groups in total. The standard InChI is InChI=1S/C17H24N6O/c1-14-11-22(13-17(24)20-15-4-3-5-18-10-15)8-9-23(14)12-16-19-6-7-21(16)2/h3-7,10,14H,8-9,11-13H2,1-2H3,(H,20,24)/t14-/m1/s1. The van der Waals surface area contributed by atoms with E-state index >= 15 is 0 Å². The van der Waals surface area contributed by atoms with Gasteiger partial charge in [0.2, 0.25) is 5.91 Å². The zero-order valence-corrected chi connectivity index (χ0v) is 14.2. The number of carbonyl (C=O) groups excluding carboxylic acids is 1. The molecule has 0 aromatic carbocycles. The average Bonchev–Trinajstić information content (AvgIpc) is 2.96. The van der Waals surface area contributed by atoms with Crippen LogP contribution in [0.2, 0.25) is 0 Å². The van der Waals surface area contributed by atoms with Crippen molar-refractivity contribution >= 4 is 11.6 Å². The molecule has 24 heavy (non-hydrogen) atoms. The van der Waals surface area contributed by atoms with Crippen molar-refractivity contribution in [1.29, 1.82) is 0 Å².